The summed E-state index contributed by atoms with van der Waals surface area (Å²) in [5, 5.41) is 3.52. The predicted molar refractivity (Wildman–Crippen MR) is 105 cm³/mol. The lowest BCUT2D eigenvalue weighted by Crippen LogP contribution is -2.30. The number of nitrogens with one attached hydrogen (secondary N) is 1. The molecule has 0 fully saturated rings. The number of pyridine rings is 1. The van der Waals surface area contributed by atoms with Gasteiger partial charge >= 0.3 is 0 Å². The number of hydrogen-bond acceptors (Lipinski definition) is 7. The zero-order valence-electron chi connectivity index (χ0n) is 14.8. The molecule has 1 amide bonds. The lowest BCUT2D eigenvalue weighted by atomic mass is 10.2. The minimum atomic E-state index is -0.426. The molecule has 0 bridgehead atoms. The van der Waals surface area contributed by atoms with E-state index in [0.717, 1.165) is 5.56 Å². The third kappa shape index (κ3) is 3.50. The van der Waals surface area contributed by atoms with Crippen LogP contribution in [0.3, 0.4) is 0 Å². The van der Waals surface area contributed by atoms with Gasteiger partial charge in [0, 0.05) is 30.6 Å². The highest BCUT2D eigenvalue weighted by Gasteiger charge is 2.28. The van der Waals surface area contributed by atoms with Crippen LogP contribution in [0.5, 0.6) is 0 Å². The Morgan fingerprint density at radius 2 is 2.11 bits per heavy atom. The Bertz CT molecular complexity index is 1100. The van der Waals surface area contributed by atoms with Gasteiger partial charge in [-0.1, -0.05) is 23.4 Å². The average Bonchev–Trinajstić information content (AvgIpc) is 3.12. The molecule has 0 aromatic carbocycles. The Kier molecular flexibility index (Phi) is 5.10. The van der Waals surface area contributed by atoms with E-state index in [2.05, 4.69) is 25.3 Å². The molecule has 4 rings (SSSR count). The molecule has 1 N–H and O–H groups in total. The fourth-order valence-corrected chi connectivity index (χ4v) is 3.56. The zero-order chi connectivity index (χ0) is 19.7. The molecule has 1 unspecified atom stereocenters. The SMILES string of the molecule is CSc1ncc(Cl)c(C(=O)NC2CCn3c2nc(-c2ccncc2)cc3=O)n1. The number of aromatic nitrogens is 5. The van der Waals surface area contributed by atoms with Crippen molar-refractivity contribution < 1.29 is 4.79 Å². The van der Waals surface area contributed by atoms with Crippen molar-refractivity contribution in [2.75, 3.05) is 6.26 Å². The number of carbonyl (C=O) groups excluding carboxylic acids is 1. The number of nitrogens with zero attached hydrogens (tertiary/aromatic N) is 5. The maximum absolute atomic E-state index is 12.7. The summed E-state index contributed by atoms with van der Waals surface area (Å²) in [6, 6.07) is 4.65. The number of halogens is 1. The van der Waals surface area contributed by atoms with Gasteiger partial charge in [0.25, 0.3) is 11.5 Å². The average molecular weight is 415 g/mol. The third-order valence-electron chi connectivity index (χ3n) is 4.39. The van der Waals surface area contributed by atoms with Gasteiger partial charge in [-0.15, -0.1) is 0 Å². The van der Waals surface area contributed by atoms with Crippen molar-refractivity contribution in [3.8, 4) is 11.3 Å². The Balaban J connectivity index is 1.65. The van der Waals surface area contributed by atoms with Crippen LogP contribution >= 0.6 is 23.4 Å². The first-order chi connectivity index (χ1) is 13.6. The van der Waals surface area contributed by atoms with E-state index in [4.69, 9.17) is 11.6 Å². The van der Waals surface area contributed by atoms with Crippen molar-refractivity contribution in [1.82, 2.24) is 29.8 Å². The number of thioether (sulfide) groups is 1. The van der Waals surface area contributed by atoms with Crippen LogP contribution in [0.1, 0.15) is 28.8 Å². The van der Waals surface area contributed by atoms with E-state index in [1.165, 1.54) is 24.0 Å². The monoisotopic (exact) mass is 414 g/mol. The van der Waals surface area contributed by atoms with Gasteiger partial charge in [-0.05, 0) is 24.8 Å². The molecule has 1 atom stereocenters. The van der Waals surface area contributed by atoms with Gasteiger partial charge in [0.2, 0.25) is 0 Å². The molecule has 1 aliphatic heterocycles. The summed E-state index contributed by atoms with van der Waals surface area (Å²) in [7, 11) is 0. The van der Waals surface area contributed by atoms with E-state index in [1.54, 1.807) is 29.1 Å². The summed E-state index contributed by atoms with van der Waals surface area (Å²) in [6.07, 6.45) is 7.06. The van der Waals surface area contributed by atoms with Crippen LogP contribution in [0, 0.1) is 0 Å². The van der Waals surface area contributed by atoms with Crippen LogP contribution in [0.25, 0.3) is 11.3 Å². The molecule has 1 aliphatic rings. The number of amides is 1. The molecule has 0 spiro atoms. The van der Waals surface area contributed by atoms with Crippen LogP contribution in [-0.4, -0.2) is 36.7 Å². The molecule has 0 saturated carbocycles. The Morgan fingerprint density at radius 3 is 2.86 bits per heavy atom. The summed E-state index contributed by atoms with van der Waals surface area (Å²) in [5.74, 6) is 0.0904. The maximum Gasteiger partial charge on any atom is 0.272 e. The summed E-state index contributed by atoms with van der Waals surface area (Å²) < 4.78 is 1.57. The van der Waals surface area contributed by atoms with Gasteiger partial charge in [-0.25, -0.2) is 15.0 Å². The fraction of sp³-hybridized carbons (Fsp3) is 0.222. The first-order valence-electron chi connectivity index (χ1n) is 8.46. The van der Waals surface area contributed by atoms with E-state index in [0.29, 0.717) is 29.6 Å². The first-order valence-corrected chi connectivity index (χ1v) is 10.1. The van der Waals surface area contributed by atoms with Crippen molar-refractivity contribution in [2.24, 2.45) is 0 Å². The summed E-state index contributed by atoms with van der Waals surface area (Å²) in [6.45, 7) is 0.482. The van der Waals surface area contributed by atoms with Gasteiger partial charge in [0.05, 0.1) is 23.0 Å². The third-order valence-corrected chi connectivity index (χ3v) is 5.23. The molecule has 3 aromatic heterocycles. The van der Waals surface area contributed by atoms with Gasteiger partial charge < -0.3 is 5.32 Å². The second-order valence-corrected chi connectivity index (χ2v) is 7.27. The lowest BCUT2D eigenvalue weighted by Gasteiger charge is -2.14. The largest absolute Gasteiger partial charge is 0.341 e. The summed E-state index contributed by atoms with van der Waals surface area (Å²) in [5.41, 5.74) is 1.28. The molecule has 4 heterocycles. The van der Waals surface area contributed by atoms with Crippen molar-refractivity contribution in [3.05, 3.63) is 63.7 Å². The van der Waals surface area contributed by atoms with Crippen LogP contribution in [0.2, 0.25) is 5.02 Å². The highest BCUT2D eigenvalue weighted by Crippen LogP contribution is 2.26. The number of carbonyl (C=O) groups is 1. The van der Waals surface area contributed by atoms with Crippen LogP contribution in [0.15, 0.2) is 46.7 Å². The predicted octanol–water partition coefficient (Wildman–Crippen LogP) is 2.35. The molecule has 0 aliphatic carbocycles. The topological polar surface area (TPSA) is 103 Å². The number of hydrogen-bond donors (Lipinski definition) is 1. The van der Waals surface area contributed by atoms with E-state index in [9.17, 15) is 9.59 Å². The second kappa shape index (κ2) is 7.69. The van der Waals surface area contributed by atoms with Crippen molar-refractivity contribution >= 4 is 29.3 Å². The van der Waals surface area contributed by atoms with Gasteiger partial charge in [-0.2, -0.15) is 0 Å². The molecule has 3 aromatic rings. The van der Waals surface area contributed by atoms with Gasteiger partial charge in [0.15, 0.2) is 10.9 Å². The highest BCUT2D eigenvalue weighted by molar-refractivity contribution is 7.98. The van der Waals surface area contributed by atoms with Crippen molar-refractivity contribution in [1.29, 1.82) is 0 Å². The highest BCUT2D eigenvalue weighted by atomic mass is 35.5. The normalized spacial score (nSPS) is 15.3. The minimum absolute atomic E-state index is 0.104. The Hall–Kier alpha value is -2.78. The molecule has 28 heavy (non-hydrogen) atoms. The van der Waals surface area contributed by atoms with Crippen molar-refractivity contribution in [3.63, 3.8) is 0 Å². The van der Waals surface area contributed by atoms with E-state index in [-0.39, 0.29) is 16.3 Å². The molecule has 142 valence electrons. The van der Waals surface area contributed by atoms with Crippen LogP contribution in [-0.2, 0) is 6.54 Å². The van der Waals surface area contributed by atoms with Crippen LogP contribution < -0.4 is 10.9 Å². The fourth-order valence-electron chi connectivity index (χ4n) is 3.04. The summed E-state index contributed by atoms with van der Waals surface area (Å²) >= 11 is 7.41. The number of rotatable bonds is 4. The number of fused-ring (bicyclic) bond motifs is 1. The molecule has 10 heteroatoms. The summed E-state index contributed by atoms with van der Waals surface area (Å²) in [4.78, 5) is 42.0. The van der Waals surface area contributed by atoms with Gasteiger partial charge in [0.1, 0.15) is 5.82 Å². The van der Waals surface area contributed by atoms with E-state index < -0.39 is 11.9 Å². The molecular weight excluding hydrogens is 400 g/mol. The maximum atomic E-state index is 12.7. The van der Waals surface area contributed by atoms with Crippen LogP contribution in [0.4, 0.5) is 0 Å². The quantitative estimate of drug-likeness (QED) is 0.516. The Labute approximate surface area is 169 Å². The first kappa shape index (κ1) is 18.6. The molecular formula is C18H15ClN6O2S. The molecule has 8 nitrogen and oxygen atoms in total. The standard InChI is InChI=1S/C18H15ClN6O2S/c1-28-18-21-9-11(19)15(24-18)17(27)23-12-4-7-25-14(26)8-13(22-16(12)25)10-2-5-20-6-3-10/h2-3,5-6,8-9,12H,4,7H2,1H3,(H,23,27). The lowest BCUT2D eigenvalue weighted by molar-refractivity contribution is 0.0930. The molecule has 0 radical (unpaired) electrons. The zero-order valence-corrected chi connectivity index (χ0v) is 16.4. The Morgan fingerprint density at radius 1 is 1.32 bits per heavy atom. The second-order valence-electron chi connectivity index (χ2n) is 6.09. The smallest absolute Gasteiger partial charge is 0.272 e. The van der Waals surface area contributed by atoms with Gasteiger partial charge in [-0.3, -0.25) is 19.1 Å². The minimum Gasteiger partial charge on any atom is -0.341 e. The van der Waals surface area contributed by atoms with E-state index in [1.807, 2.05) is 6.26 Å². The van der Waals surface area contributed by atoms with E-state index >= 15 is 0 Å². The van der Waals surface area contributed by atoms with Crippen molar-refractivity contribution in [2.45, 2.75) is 24.2 Å². The molecule has 0 saturated heterocycles.